The normalized spacial score (nSPS) is 14.2. The first kappa shape index (κ1) is 26.1. The summed E-state index contributed by atoms with van der Waals surface area (Å²) in [5, 5.41) is 14.3. The summed E-state index contributed by atoms with van der Waals surface area (Å²) in [6.45, 7) is 5.58. The fraction of sp³-hybridized carbons (Fsp3) is 0.345. The number of carbonyl (C=O) groups excluding carboxylic acids is 3. The fourth-order valence-corrected chi connectivity index (χ4v) is 4.51. The van der Waals surface area contributed by atoms with Gasteiger partial charge in [-0.15, -0.1) is 5.10 Å². The summed E-state index contributed by atoms with van der Waals surface area (Å²) < 4.78 is 3.38. The summed E-state index contributed by atoms with van der Waals surface area (Å²) in [6.07, 6.45) is 5.49. The lowest BCUT2D eigenvalue weighted by Gasteiger charge is -2.33. The molecule has 1 aliphatic rings. The molecule has 5 rings (SSSR count). The molecule has 1 aliphatic carbocycles. The maximum Gasteiger partial charge on any atom is 0.249 e. The Morgan fingerprint density at radius 2 is 1.77 bits per heavy atom. The molecule has 39 heavy (non-hydrogen) atoms. The van der Waals surface area contributed by atoms with Gasteiger partial charge >= 0.3 is 0 Å². The minimum Gasteiger partial charge on any atom is -0.357 e. The summed E-state index contributed by atoms with van der Waals surface area (Å²) in [6, 6.07) is 15.3. The lowest BCUT2D eigenvalue weighted by atomic mass is 10.0. The number of benzene rings is 2. The highest BCUT2D eigenvalue weighted by Crippen LogP contribution is 2.32. The molecule has 2 N–H and O–H groups in total. The predicted octanol–water partition coefficient (Wildman–Crippen LogP) is 3.81. The van der Waals surface area contributed by atoms with Gasteiger partial charge in [-0.05, 0) is 76.1 Å². The van der Waals surface area contributed by atoms with Gasteiger partial charge in [-0.2, -0.15) is 0 Å². The number of para-hydroxylation sites is 1. The maximum atomic E-state index is 14.1. The predicted molar refractivity (Wildman–Crippen MR) is 149 cm³/mol. The van der Waals surface area contributed by atoms with Crippen molar-refractivity contribution in [3.05, 3.63) is 72.6 Å². The molecule has 0 bridgehead atoms. The smallest absolute Gasteiger partial charge is 0.249 e. The standard InChI is InChI=1S/C29H33N7O3/c1-29(2,3)31-28(39)26(20-15-16-34(4)17-20)36(22-13-11-21(12-14-22)30-27(38)19-9-10-19)25(37)18-35-24-8-6-5-7-23(24)32-33-35/h5-8,11-17,19,26H,9-10,18H2,1-4H3,(H,30,38)(H,31,39). The van der Waals surface area contributed by atoms with Crippen LogP contribution in [0.2, 0.25) is 0 Å². The van der Waals surface area contributed by atoms with Gasteiger partial charge in [-0.1, -0.05) is 17.3 Å². The van der Waals surface area contributed by atoms with Crippen molar-refractivity contribution in [1.29, 1.82) is 0 Å². The Morgan fingerprint density at radius 1 is 1.05 bits per heavy atom. The van der Waals surface area contributed by atoms with Crippen molar-refractivity contribution >= 4 is 40.1 Å². The Bertz CT molecular complexity index is 1510. The molecule has 202 valence electrons. The third-order valence-electron chi connectivity index (χ3n) is 6.51. The number of fused-ring (bicyclic) bond motifs is 1. The van der Waals surface area contributed by atoms with Crippen molar-refractivity contribution in [3.63, 3.8) is 0 Å². The van der Waals surface area contributed by atoms with Gasteiger partial charge in [0.25, 0.3) is 0 Å². The van der Waals surface area contributed by atoms with E-state index in [0.717, 1.165) is 18.4 Å². The number of amides is 3. The molecule has 10 heteroatoms. The maximum absolute atomic E-state index is 14.1. The zero-order valence-electron chi connectivity index (χ0n) is 22.6. The van der Waals surface area contributed by atoms with Gasteiger partial charge in [0.05, 0.1) is 5.52 Å². The summed E-state index contributed by atoms with van der Waals surface area (Å²) >= 11 is 0. The van der Waals surface area contributed by atoms with Crippen molar-refractivity contribution < 1.29 is 14.4 Å². The third kappa shape index (κ3) is 6.00. The number of anilines is 2. The van der Waals surface area contributed by atoms with Crippen LogP contribution in [0.15, 0.2) is 67.0 Å². The number of rotatable bonds is 8. The largest absolute Gasteiger partial charge is 0.357 e. The van der Waals surface area contributed by atoms with E-state index in [4.69, 9.17) is 0 Å². The molecule has 2 heterocycles. The van der Waals surface area contributed by atoms with Gasteiger partial charge in [0.2, 0.25) is 17.7 Å². The van der Waals surface area contributed by atoms with Crippen molar-refractivity contribution in [3.8, 4) is 0 Å². The highest BCUT2D eigenvalue weighted by Gasteiger charge is 2.35. The van der Waals surface area contributed by atoms with Gasteiger partial charge in [0.15, 0.2) is 0 Å². The highest BCUT2D eigenvalue weighted by molar-refractivity contribution is 6.02. The number of nitrogens with one attached hydrogen (secondary N) is 2. The van der Waals surface area contributed by atoms with Crippen LogP contribution in [0.5, 0.6) is 0 Å². The summed E-state index contributed by atoms with van der Waals surface area (Å²) in [7, 11) is 1.87. The zero-order chi connectivity index (χ0) is 27.7. The van der Waals surface area contributed by atoms with Crippen molar-refractivity contribution in [2.45, 2.75) is 51.7 Å². The summed E-state index contributed by atoms with van der Waals surface area (Å²) in [5.41, 5.74) is 2.71. The molecular formula is C29H33N7O3. The molecule has 2 aromatic heterocycles. The Morgan fingerprint density at radius 3 is 2.41 bits per heavy atom. The number of hydrogen-bond donors (Lipinski definition) is 2. The van der Waals surface area contributed by atoms with Crippen LogP contribution in [-0.4, -0.2) is 42.8 Å². The minimum absolute atomic E-state index is 0.000426. The second kappa shape index (κ2) is 10.4. The molecule has 0 saturated heterocycles. The summed E-state index contributed by atoms with van der Waals surface area (Å²) in [5.74, 6) is -0.570. The molecule has 1 unspecified atom stereocenters. The topological polar surface area (TPSA) is 114 Å². The van der Waals surface area contributed by atoms with Gasteiger partial charge in [0, 0.05) is 47.8 Å². The van der Waals surface area contributed by atoms with Crippen LogP contribution in [0.1, 0.15) is 45.2 Å². The van der Waals surface area contributed by atoms with E-state index in [1.54, 1.807) is 28.9 Å². The zero-order valence-corrected chi connectivity index (χ0v) is 22.6. The minimum atomic E-state index is -0.945. The van der Waals surface area contributed by atoms with Gasteiger partial charge in [-0.3, -0.25) is 19.3 Å². The molecule has 2 aromatic carbocycles. The second-order valence-electron chi connectivity index (χ2n) is 11.1. The lowest BCUT2D eigenvalue weighted by Crippen LogP contribution is -2.50. The number of carbonyl (C=O) groups is 3. The molecule has 3 amide bonds. The molecule has 4 aromatic rings. The van der Waals surface area contributed by atoms with Crippen molar-refractivity contribution in [2.24, 2.45) is 13.0 Å². The molecule has 1 fully saturated rings. The third-order valence-corrected chi connectivity index (χ3v) is 6.51. The van der Waals surface area contributed by atoms with Gasteiger partial charge < -0.3 is 15.2 Å². The molecule has 1 atom stereocenters. The quantitative estimate of drug-likeness (QED) is 0.362. The number of hydrogen-bond acceptors (Lipinski definition) is 5. The van der Waals surface area contributed by atoms with E-state index >= 15 is 0 Å². The molecular weight excluding hydrogens is 494 g/mol. The molecule has 10 nitrogen and oxygen atoms in total. The van der Waals surface area contributed by atoms with E-state index in [1.807, 2.05) is 75.1 Å². The molecule has 0 radical (unpaired) electrons. The van der Waals surface area contributed by atoms with Gasteiger partial charge in [0.1, 0.15) is 18.1 Å². The van der Waals surface area contributed by atoms with E-state index in [2.05, 4.69) is 20.9 Å². The van der Waals surface area contributed by atoms with E-state index in [1.165, 1.54) is 4.90 Å². The highest BCUT2D eigenvalue weighted by atomic mass is 16.2. The van der Waals surface area contributed by atoms with Crippen LogP contribution >= 0.6 is 0 Å². The average molecular weight is 528 g/mol. The Balaban J connectivity index is 1.54. The van der Waals surface area contributed by atoms with Crippen LogP contribution in [-0.2, 0) is 28.0 Å². The van der Waals surface area contributed by atoms with Crippen LogP contribution in [0.4, 0.5) is 11.4 Å². The number of aryl methyl sites for hydroxylation is 1. The molecule has 0 spiro atoms. The van der Waals surface area contributed by atoms with Crippen LogP contribution in [0, 0.1) is 5.92 Å². The van der Waals surface area contributed by atoms with E-state index in [0.29, 0.717) is 22.5 Å². The SMILES string of the molecule is Cn1ccc(C(C(=O)NC(C)(C)C)N(C(=O)Cn2nnc3ccccc32)c2ccc(NC(=O)C3CC3)cc2)c1. The Kier molecular flexibility index (Phi) is 6.94. The van der Waals surface area contributed by atoms with E-state index < -0.39 is 11.6 Å². The first-order valence-corrected chi connectivity index (χ1v) is 13.0. The first-order chi connectivity index (χ1) is 18.6. The lowest BCUT2D eigenvalue weighted by molar-refractivity contribution is -0.128. The Labute approximate surface area is 227 Å². The molecule has 1 saturated carbocycles. The fourth-order valence-electron chi connectivity index (χ4n) is 4.51. The van der Waals surface area contributed by atoms with Crippen LogP contribution in [0.3, 0.4) is 0 Å². The van der Waals surface area contributed by atoms with E-state index in [-0.39, 0.29) is 30.2 Å². The number of aromatic nitrogens is 4. The average Bonchev–Trinajstić information content (AvgIpc) is 3.54. The van der Waals surface area contributed by atoms with Crippen molar-refractivity contribution in [1.82, 2.24) is 24.9 Å². The van der Waals surface area contributed by atoms with E-state index in [9.17, 15) is 14.4 Å². The van der Waals surface area contributed by atoms with Crippen molar-refractivity contribution in [2.75, 3.05) is 10.2 Å². The second-order valence-corrected chi connectivity index (χ2v) is 11.1. The first-order valence-electron chi connectivity index (χ1n) is 13.0. The van der Waals surface area contributed by atoms with Crippen LogP contribution < -0.4 is 15.5 Å². The number of nitrogens with zero attached hydrogens (tertiary/aromatic N) is 5. The molecule has 0 aliphatic heterocycles. The van der Waals surface area contributed by atoms with Gasteiger partial charge in [-0.25, -0.2) is 4.68 Å². The van der Waals surface area contributed by atoms with Crippen LogP contribution in [0.25, 0.3) is 11.0 Å². The summed E-state index contributed by atoms with van der Waals surface area (Å²) in [4.78, 5) is 41.6. The Hall–Kier alpha value is -4.47. The monoisotopic (exact) mass is 527 g/mol.